The fourth-order valence-corrected chi connectivity index (χ4v) is 2.63. The second-order valence-corrected chi connectivity index (χ2v) is 5.81. The Morgan fingerprint density at radius 3 is 2.62 bits per heavy atom. The minimum absolute atomic E-state index is 0.181. The maximum Gasteiger partial charge on any atom is 0.257 e. The van der Waals surface area contributed by atoms with Crippen molar-refractivity contribution in [1.29, 1.82) is 0 Å². The molecule has 2 aromatic carbocycles. The molecule has 2 heterocycles. The van der Waals surface area contributed by atoms with Crippen LogP contribution in [0.5, 0.6) is 11.5 Å². The van der Waals surface area contributed by atoms with Crippen molar-refractivity contribution in [3.8, 4) is 11.5 Å². The Morgan fingerprint density at radius 1 is 1.00 bits per heavy atom. The summed E-state index contributed by atoms with van der Waals surface area (Å²) < 4.78 is 10.7. The summed E-state index contributed by atoms with van der Waals surface area (Å²) in [6.45, 7) is 0.941. The van der Waals surface area contributed by atoms with Gasteiger partial charge in [-0.25, -0.2) is 0 Å². The van der Waals surface area contributed by atoms with Crippen LogP contribution in [0.2, 0.25) is 0 Å². The fourth-order valence-electron chi connectivity index (χ4n) is 2.63. The van der Waals surface area contributed by atoms with Crippen molar-refractivity contribution in [2.75, 3.05) is 17.4 Å². The molecule has 3 aromatic rings. The molecule has 130 valence electrons. The lowest BCUT2D eigenvalue weighted by atomic mass is 10.2. The predicted molar refractivity (Wildman–Crippen MR) is 98.5 cm³/mol. The van der Waals surface area contributed by atoms with Crippen molar-refractivity contribution in [1.82, 2.24) is 4.98 Å². The number of rotatable bonds is 5. The Bertz CT molecular complexity index is 911. The molecule has 1 aromatic heterocycles. The van der Waals surface area contributed by atoms with Crippen molar-refractivity contribution >= 4 is 17.3 Å². The first-order valence-corrected chi connectivity index (χ1v) is 8.22. The Kier molecular flexibility index (Phi) is 4.38. The molecular weight excluding hydrogens is 330 g/mol. The molecule has 0 fully saturated rings. The number of nitrogens with zero attached hydrogens (tertiary/aromatic N) is 1. The summed E-state index contributed by atoms with van der Waals surface area (Å²) in [5.74, 6) is 1.37. The van der Waals surface area contributed by atoms with Crippen LogP contribution in [0.3, 0.4) is 0 Å². The van der Waals surface area contributed by atoms with E-state index in [0.29, 0.717) is 12.1 Å². The summed E-state index contributed by atoms with van der Waals surface area (Å²) in [6.07, 6.45) is 3.17. The number of amides is 1. The summed E-state index contributed by atoms with van der Waals surface area (Å²) >= 11 is 0. The molecule has 0 spiro atoms. The van der Waals surface area contributed by atoms with Crippen molar-refractivity contribution < 1.29 is 14.3 Å². The molecule has 0 radical (unpaired) electrons. The highest BCUT2D eigenvalue weighted by Crippen LogP contribution is 2.32. The minimum Gasteiger partial charge on any atom is -0.454 e. The normalized spacial score (nSPS) is 11.8. The number of carbonyl (C=O) groups excluding carboxylic acids is 1. The van der Waals surface area contributed by atoms with Crippen molar-refractivity contribution in [2.24, 2.45) is 0 Å². The number of hydrogen-bond donors (Lipinski definition) is 2. The molecule has 2 N–H and O–H groups in total. The lowest BCUT2D eigenvalue weighted by molar-refractivity contribution is 0.102. The summed E-state index contributed by atoms with van der Waals surface area (Å²) in [4.78, 5) is 16.1. The minimum atomic E-state index is -0.181. The number of benzene rings is 2. The van der Waals surface area contributed by atoms with Gasteiger partial charge in [-0.1, -0.05) is 6.07 Å². The number of ether oxygens (including phenoxy) is 2. The van der Waals surface area contributed by atoms with E-state index in [1.54, 1.807) is 18.3 Å². The molecule has 1 aliphatic heterocycles. The van der Waals surface area contributed by atoms with Gasteiger partial charge in [-0.2, -0.15) is 0 Å². The maximum atomic E-state index is 12.1. The predicted octanol–water partition coefficient (Wildman–Crippen LogP) is 3.67. The smallest absolute Gasteiger partial charge is 0.257 e. The topological polar surface area (TPSA) is 72.5 Å². The van der Waals surface area contributed by atoms with E-state index < -0.39 is 0 Å². The maximum absolute atomic E-state index is 12.1. The van der Waals surface area contributed by atoms with Crippen LogP contribution >= 0.6 is 0 Å². The third-order valence-electron chi connectivity index (χ3n) is 4.00. The number of hydrogen-bond acceptors (Lipinski definition) is 5. The Morgan fingerprint density at radius 2 is 1.81 bits per heavy atom. The number of carbonyl (C=O) groups is 1. The molecule has 1 amide bonds. The van der Waals surface area contributed by atoms with Gasteiger partial charge < -0.3 is 20.1 Å². The van der Waals surface area contributed by atoms with Crippen LogP contribution in [0.15, 0.2) is 67.0 Å². The fraction of sp³-hybridized carbons (Fsp3) is 0.100. The molecule has 6 heteroatoms. The molecule has 0 unspecified atom stereocenters. The van der Waals surface area contributed by atoms with Crippen LogP contribution in [-0.2, 0) is 6.54 Å². The number of fused-ring (bicyclic) bond motifs is 1. The molecule has 1 aliphatic rings. The first-order chi connectivity index (χ1) is 12.8. The quantitative estimate of drug-likeness (QED) is 0.737. The van der Waals surface area contributed by atoms with Crippen LogP contribution in [-0.4, -0.2) is 17.7 Å². The van der Waals surface area contributed by atoms with Crippen molar-refractivity contribution in [3.63, 3.8) is 0 Å². The van der Waals surface area contributed by atoms with E-state index in [9.17, 15) is 4.79 Å². The average Bonchev–Trinajstić information content (AvgIpc) is 3.16. The highest BCUT2D eigenvalue weighted by Gasteiger charge is 2.13. The van der Waals surface area contributed by atoms with Gasteiger partial charge in [-0.3, -0.25) is 9.78 Å². The van der Waals surface area contributed by atoms with Crippen LogP contribution in [0, 0.1) is 0 Å². The second kappa shape index (κ2) is 7.14. The van der Waals surface area contributed by atoms with E-state index in [-0.39, 0.29) is 12.7 Å². The Labute approximate surface area is 150 Å². The number of pyridine rings is 1. The zero-order valence-electron chi connectivity index (χ0n) is 13.9. The molecule has 0 saturated heterocycles. The number of aromatic nitrogens is 1. The second-order valence-electron chi connectivity index (χ2n) is 5.81. The molecule has 0 saturated carbocycles. The van der Waals surface area contributed by atoms with Gasteiger partial charge in [0.2, 0.25) is 6.79 Å². The molecule has 26 heavy (non-hydrogen) atoms. The molecule has 0 bridgehead atoms. The molecule has 0 aliphatic carbocycles. The molecular formula is C20H17N3O3. The van der Waals surface area contributed by atoms with Gasteiger partial charge in [-0.15, -0.1) is 0 Å². The first-order valence-electron chi connectivity index (χ1n) is 8.22. The number of anilines is 2. The van der Waals surface area contributed by atoms with E-state index >= 15 is 0 Å². The van der Waals surface area contributed by atoms with Gasteiger partial charge >= 0.3 is 0 Å². The summed E-state index contributed by atoms with van der Waals surface area (Å²) in [6, 6.07) is 16.9. The third-order valence-corrected chi connectivity index (χ3v) is 4.00. The highest BCUT2D eigenvalue weighted by molar-refractivity contribution is 6.04. The zero-order chi connectivity index (χ0) is 17.8. The summed E-state index contributed by atoms with van der Waals surface area (Å²) in [5.41, 5.74) is 3.32. The van der Waals surface area contributed by atoms with Gasteiger partial charge in [0.15, 0.2) is 11.5 Å². The highest BCUT2D eigenvalue weighted by atomic mass is 16.7. The van der Waals surface area contributed by atoms with Crippen molar-refractivity contribution in [2.45, 2.75) is 6.54 Å². The average molecular weight is 347 g/mol. The first kappa shape index (κ1) is 16.0. The Balaban J connectivity index is 1.35. The standard InChI is InChI=1S/C20H17N3O3/c24-20(15-2-1-9-21-12-15)23-17-6-4-16(5-7-17)22-11-14-3-8-18-19(10-14)26-13-25-18/h1-10,12,22H,11,13H2,(H,23,24). The SMILES string of the molecule is O=C(Nc1ccc(NCc2ccc3c(c2)OCO3)cc1)c1cccnc1. The van der Waals surface area contributed by atoms with Crippen LogP contribution in [0.1, 0.15) is 15.9 Å². The van der Waals surface area contributed by atoms with Gasteiger partial charge in [0, 0.05) is 30.3 Å². The van der Waals surface area contributed by atoms with E-state index in [0.717, 1.165) is 28.4 Å². The third kappa shape index (κ3) is 3.59. The monoisotopic (exact) mass is 347 g/mol. The lowest BCUT2D eigenvalue weighted by Gasteiger charge is -2.09. The van der Waals surface area contributed by atoms with E-state index in [2.05, 4.69) is 15.6 Å². The zero-order valence-corrected chi connectivity index (χ0v) is 13.9. The summed E-state index contributed by atoms with van der Waals surface area (Å²) in [7, 11) is 0. The van der Waals surface area contributed by atoms with Crippen LogP contribution < -0.4 is 20.1 Å². The van der Waals surface area contributed by atoms with Gasteiger partial charge in [0.05, 0.1) is 5.56 Å². The van der Waals surface area contributed by atoms with E-state index in [1.807, 2.05) is 42.5 Å². The van der Waals surface area contributed by atoms with Crippen molar-refractivity contribution in [3.05, 3.63) is 78.1 Å². The Hall–Kier alpha value is -3.54. The molecule has 0 atom stereocenters. The van der Waals surface area contributed by atoms with Crippen LogP contribution in [0.25, 0.3) is 0 Å². The largest absolute Gasteiger partial charge is 0.454 e. The van der Waals surface area contributed by atoms with Gasteiger partial charge in [0.1, 0.15) is 0 Å². The van der Waals surface area contributed by atoms with E-state index in [4.69, 9.17) is 9.47 Å². The summed E-state index contributed by atoms with van der Waals surface area (Å²) in [5, 5.41) is 6.20. The van der Waals surface area contributed by atoms with Gasteiger partial charge in [0.25, 0.3) is 5.91 Å². The van der Waals surface area contributed by atoms with Gasteiger partial charge in [-0.05, 0) is 54.1 Å². The molecule has 4 rings (SSSR count). The number of nitrogens with one attached hydrogen (secondary N) is 2. The van der Waals surface area contributed by atoms with Crippen LogP contribution in [0.4, 0.5) is 11.4 Å². The van der Waals surface area contributed by atoms with E-state index in [1.165, 1.54) is 6.20 Å². The molecule has 6 nitrogen and oxygen atoms in total. The lowest BCUT2D eigenvalue weighted by Crippen LogP contribution is -2.11.